The highest BCUT2D eigenvalue weighted by Crippen LogP contribution is 2.18. The van der Waals surface area contributed by atoms with Gasteiger partial charge in [0.05, 0.1) is 5.75 Å². The summed E-state index contributed by atoms with van der Waals surface area (Å²) in [6.07, 6.45) is 0.667. The van der Waals surface area contributed by atoms with Gasteiger partial charge in [0.1, 0.15) is 0 Å². The molecule has 2 heterocycles. The van der Waals surface area contributed by atoms with Crippen LogP contribution in [0.2, 0.25) is 0 Å². The second-order valence-electron chi connectivity index (χ2n) is 4.14. The van der Waals surface area contributed by atoms with E-state index in [0.29, 0.717) is 29.0 Å². The highest BCUT2D eigenvalue weighted by Gasteiger charge is 2.10. The number of thioether (sulfide) groups is 1. The molecule has 0 atom stereocenters. The Morgan fingerprint density at radius 2 is 2.10 bits per heavy atom. The largest absolute Gasteiger partial charge is 0.338 e. The third kappa shape index (κ3) is 3.02. The molecule has 0 aliphatic heterocycles. The van der Waals surface area contributed by atoms with Gasteiger partial charge < -0.3 is 4.52 Å². The first kappa shape index (κ1) is 12.8. The minimum Gasteiger partial charge on any atom is -0.338 e. The van der Waals surface area contributed by atoms with Crippen molar-refractivity contribution in [3.63, 3.8) is 0 Å². The van der Waals surface area contributed by atoms with Gasteiger partial charge in [0.2, 0.25) is 11.0 Å². The number of tetrazole rings is 1. The van der Waals surface area contributed by atoms with E-state index < -0.39 is 0 Å². The summed E-state index contributed by atoms with van der Waals surface area (Å²) in [6, 6.07) is 10.0. The molecule has 3 rings (SSSR count). The molecular weight excluding hydrogens is 276 g/mol. The molecule has 0 saturated carbocycles. The lowest BCUT2D eigenvalue weighted by molar-refractivity contribution is 0.385. The van der Waals surface area contributed by atoms with Crippen molar-refractivity contribution in [2.75, 3.05) is 0 Å². The minimum atomic E-state index is 0.552. The summed E-state index contributed by atoms with van der Waals surface area (Å²) >= 11 is 1.46. The van der Waals surface area contributed by atoms with Crippen molar-refractivity contribution < 1.29 is 4.52 Å². The van der Waals surface area contributed by atoms with Gasteiger partial charge in [-0.25, -0.2) is 4.68 Å². The van der Waals surface area contributed by atoms with Crippen molar-refractivity contribution >= 4 is 11.8 Å². The van der Waals surface area contributed by atoms with E-state index in [9.17, 15) is 0 Å². The van der Waals surface area contributed by atoms with Crippen molar-refractivity contribution in [2.24, 2.45) is 7.05 Å². The molecule has 0 fully saturated rings. The molecule has 0 spiro atoms. The molecule has 7 nitrogen and oxygen atoms in total. The van der Waals surface area contributed by atoms with E-state index in [-0.39, 0.29) is 0 Å². The third-order valence-corrected chi connectivity index (χ3v) is 3.62. The zero-order valence-corrected chi connectivity index (χ0v) is 11.6. The van der Waals surface area contributed by atoms with Crippen LogP contribution in [0.3, 0.4) is 0 Å². The summed E-state index contributed by atoms with van der Waals surface area (Å²) in [5.41, 5.74) is 1.16. The quantitative estimate of drug-likeness (QED) is 0.657. The van der Waals surface area contributed by atoms with Gasteiger partial charge in [-0.05, 0) is 16.0 Å². The van der Waals surface area contributed by atoms with Crippen LogP contribution in [0.4, 0.5) is 0 Å². The summed E-state index contributed by atoms with van der Waals surface area (Å²) < 4.78 is 6.82. The van der Waals surface area contributed by atoms with Gasteiger partial charge in [-0.1, -0.05) is 47.3 Å². The van der Waals surface area contributed by atoms with Crippen LogP contribution in [0.1, 0.15) is 17.3 Å². The Morgan fingerprint density at radius 3 is 2.85 bits per heavy atom. The van der Waals surface area contributed by atoms with Crippen molar-refractivity contribution in [3.05, 3.63) is 47.6 Å². The fraction of sp³-hybridized carbons (Fsp3) is 0.250. The van der Waals surface area contributed by atoms with Crippen LogP contribution >= 0.6 is 11.8 Å². The normalized spacial score (nSPS) is 10.8. The second-order valence-corrected chi connectivity index (χ2v) is 5.08. The molecule has 0 unspecified atom stereocenters. The van der Waals surface area contributed by atoms with Gasteiger partial charge in [0.25, 0.3) is 0 Å². The van der Waals surface area contributed by atoms with E-state index in [4.69, 9.17) is 4.52 Å². The van der Waals surface area contributed by atoms with Gasteiger partial charge >= 0.3 is 0 Å². The molecule has 1 aromatic carbocycles. The van der Waals surface area contributed by atoms with Crippen LogP contribution in [-0.4, -0.2) is 30.3 Å². The first-order valence-electron chi connectivity index (χ1n) is 6.02. The Balaban J connectivity index is 1.61. The number of rotatable bonds is 5. The van der Waals surface area contributed by atoms with Gasteiger partial charge in [0, 0.05) is 13.5 Å². The monoisotopic (exact) mass is 288 g/mol. The van der Waals surface area contributed by atoms with Crippen LogP contribution in [0.25, 0.3) is 0 Å². The topological polar surface area (TPSA) is 82.5 Å². The second kappa shape index (κ2) is 5.83. The lowest BCUT2D eigenvalue weighted by atomic mass is 10.1. The Morgan fingerprint density at radius 1 is 1.25 bits per heavy atom. The smallest absolute Gasteiger partial charge is 0.237 e. The Labute approximate surface area is 119 Å². The van der Waals surface area contributed by atoms with Crippen LogP contribution in [-0.2, 0) is 19.2 Å². The highest BCUT2D eigenvalue weighted by molar-refractivity contribution is 7.98. The molecule has 20 heavy (non-hydrogen) atoms. The van der Waals surface area contributed by atoms with E-state index >= 15 is 0 Å². The molecular formula is C12H12N6OS. The lowest BCUT2D eigenvalue weighted by Crippen LogP contribution is -1.94. The van der Waals surface area contributed by atoms with Gasteiger partial charge in [-0.15, -0.1) is 5.10 Å². The predicted octanol–water partition coefficient (Wildman–Crippen LogP) is 1.48. The standard InChI is InChI=1S/C12H12N6OS/c1-18-12(14-16-17-18)20-8-11-13-10(15-19-11)7-9-5-3-2-4-6-9/h2-6H,7-8H2,1H3. The van der Waals surface area contributed by atoms with Crippen LogP contribution in [0, 0.1) is 0 Å². The minimum absolute atomic E-state index is 0.552. The Kier molecular flexibility index (Phi) is 3.73. The van der Waals surface area contributed by atoms with E-state index in [0.717, 1.165) is 5.56 Å². The molecule has 2 aromatic heterocycles. The van der Waals surface area contributed by atoms with Crippen LogP contribution in [0.5, 0.6) is 0 Å². The number of aromatic nitrogens is 6. The Bertz CT molecular complexity index is 680. The maximum absolute atomic E-state index is 5.22. The fourth-order valence-corrected chi connectivity index (χ4v) is 2.36. The molecule has 102 valence electrons. The van der Waals surface area contributed by atoms with Crippen LogP contribution < -0.4 is 0 Å². The first-order valence-corrected chi connectivity index (χ1v) is 7.00. The average molecular weight is 288 g/mol. The predicted molar refractivity (Wildman–Crippen MR) is 71.9 cm³/mol. The molecule has 0 aliphatic rings. The molecule has 0 aliphatic carbocycles. The molecule has 0 saturated heterocycles. The lowest BCUT2D eigenvalue weighted by Gasteiger charge is -1.94. The van der Waals surface area contributed by atoms with Gasteiger partial charge in [-0.2, -0.15) is 4.98 Å². The summed E-state index contributed by atoms with van der Waals surface area (Å²) in [5.74, 6) is 1.81. The number of benzene rings is 1. The van der Waals surface area contributed by atoms with E-state index in [1.165, 1.54) is 11.8 Å². The van der Waals surface area contributed by atoms with Crippen molar-refractivity contribution in [2.45, 2.75) is 17.3 Å². The SMILES string of the molecule is Cn1nnnc1SCc1nc(Cc2ccccc2)no1. The van der Waals surface area contributed by atoms with E-state index in [1.807, 2.05) is 30.3 Å². The van der Waals surface area contributed by atoms with Gasteiger partial charge in [-0.3, -0.25) is 0 Å². The zero-order valence-electron chi connectivity index (χ0n) is 10.8. The number of nitrogens with zero attached hydrogens (tertiary/aromatic N) is 6. The molecule has 0 amide bonds. The summed E-state index contributed by atoms with van der Waals surface area (Å²) in [5, 5.41) is 15.9. The summed E-state index contributed by atoms with van der Waals surface area (Å²) in [6.45, 7) is 0. The van der Waals surface area contributed by atoms with Crippen molar-refractivity contribution in [1.82, 2.24) is 30.3 Å². The zero-order chi connectivity index (χ0) is 13.8. The Hall–Kier alpha value is -2.22. The third-order valence-electron chi connectivity index (χ3n) is 2.62. The maximum atomic E-state index is 5.22. The maximum Gasteiger partial charge on any atom is 0.237 e. The molecule has 8 heteroatoms. The number of aryl methyl sites for hydroxylation is 1. The fourth-order valence-electron chi connectivity index (χ4n) is 1.67. The molecule has 0 N–H and O–H groups in total. The molecule has 0 bridgehead atoms. The average Bonchev–Trinajstić information content (AvgIpc) is 3.07. The first-order chi connectivity index (χ1) is 9.81. The number of hydrogen-bond acceptors (Lipinski definition) is 7. The van der Waals surface area contributed by atoms with Gasteiger partial charge in [0.15, 0.2) is 5.82 Å². The summed E-state index contributed by atoms with van der Waals surface area (Å²) in [4.78, 5) is 4.36. The van der Waals surface area contributed by atoms with E-state index in [2.05, 4.69) is 25.7 Å². The van der Waals surface area contributed by atoms with Crippen LogP contribution in [0.15, 0.2) is 40.0 Å². The van der Waals surface area contributed by atoms with Crippen molar-refractivity contribution in [3.8, 4) is 0 Å². The molecule has 0 radical (unpaired) electrons. The number of hydrogen-bond donors (Lipinski definition) is 0. The molecule has 3 aromatic rings. The van der Waals surface area contributed by atoms with Crippen molar-refractivity contribution in [1.29, 1.82) is 0 Å². The van der Waals surface area contributed by atoms with E-state index in [1.54, 1.807) is 11.7 Å². The highest BCUT2D eigenvalue weighted by atomic mass is 32.2. The summed E-state index contributed by atoms with van der Waals surface area (Å²) in [7, 11) is 1.79.